The van der Waals surface area contributed by atoms with E-state index in [2.05, 4.69) is 10.2 Å². The van der Waals surface area contributed by atoms with Gasteiger partial charge in [0.05, 0.1) is 24.1 Å². The van der Waals surface area contributed by atoms with Gasteiger partial charge in [-0.2, -0.15) is 0 Å². The molecule has 1 unspecified atom stereocenters. The molecule has 0 saturated heterocycles. The van der Waals surface area contributed by atoms with Crippen molar-refractivity contribution in [1.82, 2.24) is 10.2 Å². The predicted octanol–water partition coefficient (Wildman–Crippen LogP) is 4.10. The van der Waals surface area contributed by atoms with Crippen molar-refractivity contribution in [1.29, 1.82) is 0 Å². The molecule has 0 N–H and O–H groups in total. The molecule has 31 heavy (non-hydrogen) atoms. The Morgan fingerprint density at radius 1 is 1.16 bits per heavy atom. The van der Waals surface area contributed by atoms with Gasteiger partial charge in [0.2, 0.25) is 10.9 Å². The summed E-state index contributed by atoms with van der Waals surface area (Å²) in [5.41, 5.74) is 0.691. The highest BCUT2D eigenvalue weighted by molar-refractivity contribution is 7.15. The SMILES string of the molecule is CCc1nnc(N2C(=O)c3oc4cc(OC)ccc4c(=O)c3C2c2ccc(F)cc2)s1. The van der Waals surface area contributed by atoms with Crippen LogP contribution < -0.4 is 15.1 Å². The van der Waals surface area contributed by atoms with Crippen molar-refractivity contribution in [3.8, 4) is 5.75 Å². The van der Waals surface area contributed by atoms with Crippen molar-refractivity contribution in [2.75, 3.05) is 12.0 Å². The lowest BCUT2D eigenvalue weighted by molar-refractivity contribution is 0.0970. The van der Waals surface area contributed by atoms with Gasteiger partial charge in [0.1, 0.15) is 22.2 Å². The third-order valence-corrected chi connectivity index (χ3v) is 6.30. The second-order valence-corrected chi connectivity index (χ2v) is 8.04. The van der Waals surface area contributed by atoms with E-state index in [1.807, 2.05) is 6.92 Å². The largest absolute Gasteiger partial charge is 0.497 e. The number of halogens is 1. The fourth-order valence-electron chi connectivity index (χ4n) is 3.72. The number of hydrogen-bond donors (Lipinski definition) is 0. The van der Waals surface area contributed by atoms with Crippen LogP contribution in [0.4, 0.5) is 9.52 Å². The minimum Gasteiger partial charge on any atom is -0.497 e. The molecule has 1 atom stereocenters. The molecule has 5 rings (SSSR count). The van der Waals surface area contributed by atoms with Gasteiger partial charge in [-0.05, 0) is 36.2 Å². The lowest BCUT2D eigenvalue weighted by atomic mass is 9.98. The molecule has 9 heteroatoms. The Labute approximate surface area is 179 Å². The summed E-state index contributed by atoms with van der Waals surface area (Å²) >= 11 is 1.27. The van der Waals surface area contributed by atoms with Gasteiger partial charge >= 0.3 is 0 Å². The highest BCUT2D eigenvalue weighted by Crippen LogP contribution is 2.42. The number of ether oxygens (including phenoxy) is 1. The van der Waals surface area contributed by atoms with Crippen LogP contribution in [0, 0.1) is 5.82 Å². The maximum atomic E-state index is 13.6. The van der Waals surface area contributed by atoms with Crippen molar-refractivity contribution in [2.45, 2.75) is 19.4 Å². The number of hydrogen-bond acceptors (Lipinski definition) is 7. The molecule has 3 heterocycles. The van der Waals surface area contributed by atoms with E-state index in [4.69, 9.17) is 9.15 Å². The topological polar surface area (TPSA) is 85.5 Å². The zero-order chi connectivity index (χ0) is 21.7. The quantitative estimate of drug-likeness (QED) is 0.478. The maximum absolute atomic E-state index is 13.6. The van der Waals surface area contributed by atoms with E-state index in [-0.39, 0.29) is 22.3 Å². The molecule has 2 aromatic heterocycles. The van der Waals surface area contributed by atoms with Crippen molar-refractivity contribution in [3.63, 3.8) is 0 Å². The van der Waals surface area contributed by atoms with Crippen LogP contribution in [-0.4, -0.2) is 23.2 Å². The van der Waals surface area contributed by atoms with Gasteiger partial charge in [-0.15, -0.1) is 10.2 Å². The van der Waals surface area contributed by atoms with Crippen LogP contribution in [0.2, 0.25) is 0 Å². The van der Waals surface area contributed by atoms with Crippen molar-refractivity contribution < 1.29 is 18.3 Å². The molecular weight excluding hydrogens is 421 g/mol. The van der Waals surface area contributed by atoms with Gasteiger partial charge in [0.15, 0.2) is 5.43 Å². The Morgan fingerprint density at radius 2 is 1.94 bits per heavy atom. The van der Waals surface area contributed by atoms with Gasteiger partial charge in [0.25, 0.3) is 5.91 Å². The average molecular weight is 437 g/mol. The second-order valence-electron chi connectivity index (χ2n) is 7.00. The minimum atomic E-state index is -0.802. The van der Waals surface area contributed by atoms with Crippen LogP contribution in [0.25, 0.3) is 11.0 Å². The minimum absolute atomic E-state index is 0.0617. The lowest BCUT2D eigenvalue weighted by Gasteiger charge is -2.22. The molecule has 1 amide bonds. The van der Waals surface area contributed by atoms with Crippen LogP contribution in [0.15, 0.2) is 51.7 Å². The van der Waals surface area contributed by atoms with Crippen LogP contribution in [0.3, 0.4) is 0 Å². The standard InChI is InChI=1S/C22H16FN3O4S/c1-3-16-24-25-22(31-16)26-18(11-4-6-12(23)7-5-11)17-19(27)14-9-8-13(29-2)10-15(14)30-20(17)21(26)28/h4-10,18H,3H2,1-2H3. The first-order valence-electron chi connectivity index (χ1n) is 9.58. The number of aryl methyl sites for hydroxylation is 1. The first-order valence-corrected chi connectivity index (χ1v) is 10.4. The van der Waals surface area contributed by atoms with Gasteiger partial charge in [-0.1, -0.05) is 30.4 Å². The number of anilines is 1. The van der Waals surface area contributed by atoms with E-state index in [9.17, 15) is 14.0 Å². The van der Waals surface area contributed by atoms with E-state index >= 15 is 0 Å². The van der Waals surface area contributed by atoms with Crippen LogP contribution in [0.1, 0.15) is 39.7 Å². The Hall–Kier alpha value is -3.59. The summed E-state index contributed by atoms with van der Waals surface area (Å²) < 4.78 is 24.7. The normalized spacial score (nSPS) is 15.5. The number of carbonyl (C=O) groups excluding carboxylic acids is 1. The van der Waals surface area contributed by atoms with E-state index in [1.165, 1.54) is 35.5 Å². The molecule has 0 radical (unpaired) electrons. The predicted molar refractivity (Wildman–Crippen MR) is 113 cm³/mol. The first-order chi connectivity index (χ1) is 15.0. The Morgan fingerprint density at radius 3 is 2.61 bits per heavy atom. The molecule has 1 aliphatic rings. The Kier molecular flexibility index (Phi) is 4.55. The van der Waals surface area contributed by atoms with E-state index in [1.54, 1.807) is 30.3 Å². The Balaban J connectivity index is 1.78. The summed E-state index contributed by atoms with van der Waals surface area (Å²) in [5, 5.41) is 9.70. The molecule has 2 aromatic carbocycles. The highest BCUT2D eigenvalue weighted by Gasteiger charge is 2.45. The van der Waals surface area contributed by atoms with Crippen molar-refractivity contribution >= 4 is 33.3 Å². The van der Waals surface area contributed by atoms with Crippen molar-refractivity contribution in [2.24, 2.45) is 0 Å². The zero-order valence-corrected chi connectivity index (χ0v) is 17.4. The number of rotatable bonds is 4. The molecule has 0 bridgehead atoms. The first kappa shape index (κ1) is 19.4. The third-order valence-electron chi connectivity index (χ3n) is 5.23. The average Bonchev–Trinajstić information content (AvgIpc) is 3.37. The molecule has 7 nitrogen and oxygen atoms in total. The van der Waals surface area contributed by atoms with Crippen LogP contribution >= 0.6 is 11.3 Å². The molecule has 0 spiro atoms. The third kappa shape index (κ3) is 3.00. The van der Waals surface area contributed by atoms with E-state index in [0.29, 0.717) is 28.3 Å². The second kappa shape index (κ2) is 7.28. The number of fused-ring (bicyclic) bond motifs is 2. The van der Waals surface area contributed by atoms with Crippen LogP contribution in [0.5, 0.6) is 5.75 Å². The van der Waals surface area contributed by atoms with Gasteiger partial charge in [0, 0.05) is 6.07 Å². The molecule has 4 aromatic rings. The van der Waals surface area contributed by atoms with Crippen LogP contribution in [-0.2, 0) is 6.42 Å². The maximum Gasteiger partial charge on any atom is 0.297 e. The molecule has 0 fully saturated rings. The number of amides is 1. The lowest BCUT2D eigenvalue weighted by Crippen LogP contribution is -2.29. The number of methoxy groups -OCH3 is 1. The van der Waals surface area contributed by atoms with E-state index < -0.39 is 17.8 Å². The number of aromatic nitrogens is 2. The molecule has 1 aliphatic heterocycles. The van der Waals surface area contributed by atoms with Gasteiger partial charge in [-0.25, -0.2) is 4.39 Å². The monoisotopic (exact) mass is 437 g/mol. The molecule has 156 valence electrons. The summed E-state index contributed by atoms with van der Waals surface area (Å²) in [6.45, 7) is 1.94. The Bertz CT molecular complexity index is 1380. The molecular formula is C22H16FN3O4S. The number of benzene rings is 2. The summed E-state index contributed by atoms with van der Waals surface area (Å²) in [4.78, 5) is 28.3. The highest BCUT2D eigenvalue weighted by atomic mass is 32.1. The van der Waals surface area contributed by atoms with Gasteiger partial charge in [-0.3, -0.25) is 14.5 Å². The number of carbonyl (C=O) groups is 1. The summed E-state index contributed by atoms with van der Waals surface area (Å²) in [7, 11) is 1.50. The zero-order valence-electron chi connectivity index (χ0n) is 16.6. The molecule has 0 saturated carbocycles. The number of nitrogens with zero attached hydrogens (tertiary/aromatic N) is 3. The molecule has 0 aliphatic carbocycles. The fraction of sp³-hybridized carbons (Fsp3) is 0.182. The smallest absolute Gasteiger partial charge is 0.297 e. The van der Waals surface area contributed by atoms with Crippen molar-refractivity contribution in [3.05, 3.63) is 80.4 Å². The van der Waals surface area contributed by atoms with Gasteiger partial charge < -0.3 is 9.15 Å². The van der Waals surface area contributed by atoms with E-state index in [0.717, 1.165) is 5.01 Å². The summed E-state index contributed by atoms with van der Waals surface area (Å²) in [5.74, 6) is -0.468. The fourth-order valence-corrected chi connectivity index (χ4v) is 4.53. The summed E-state index contributed by atoms with van der Waals surface area (Å²) in [6.07, 6.45) is 0.661. The summed E-state index contributed by atoms with van der Waals surface area (Å²) in [6, 6.07) is 9.72.